The molecule has 3 N–H and O–H groups in total. The van der Waals surface area contributed by atoms with Crippen molar-refractivity contribution in [3.05, 3.63) is 77.2 Å². The summed E-state index contributed by atoms with van der Waals surface area (Å²) in [6.45, 7) is 1.05. The van der Waals surface area contributed by atoms with Crippen LogP contribution in [-0.4, -0.2) is 60.0 Å². The minimum Gasteiger partial charge on any atom is -0.388 e. The number of nitrogens with one attached hydrogen (secondary N) is 2. The lowest BCUT2D eigenvalue weighted by atomic mass is 9.91. The van der Waals surface area contributed by atoms with Crippen molar-refractivity contribution in [3.63, 3.8) is 0 Å². The zero-order valence-corrected chi connectivity index (χ0v) is 21.6. The van der Waals surface area contributed by atoms with Crippen molar-refractivity contribution in [1.82, 2.24) is 24.2 Å². The van der Waals surface area contributed by atoms with Crippen molar-refractivity contribution in [2.75, 3.05) is 23.7 Å². The lowest BCUT2D eigenvalue weighted by Gasteiger charge is -2.38. The second-order valence-electron chi connectivity index (χ2n) is 10.4. The average molecular weight is 546 g/mol. The number of carbonyl (C=O) groups is 2. The second kappa shape index (κ2) is 10.2. The number of rotatable bonds is 6. The van der Waals surface area contributed by atoms with Gasteiger partial charge in [-0.25, -0.2) is 18.9 Å². The summed E-state index contributed by atoms with van der Waals surface area (Å²) in [4.78, 5) is 44.1. The van der Waals surface area contributed by atoms with E-state index in [9.17, 15) is 23.9 Å². The van der Waals surface area contributed by atoms with Crippen molar-refractivity contribution in [3.8, 4) is 5.69 Å². The fourth-order valence-electron chi connectivity index (χ4n) is 4.97. The standard InChI is InChI=1S/C28H28FN7O4/c29-19-3-5-20(6-4-19)32-27(39)33-21-7-9-22(10-8-21)36-24-23(15-31-36)26(38)35(17-30-24)16-28(40)11-13-34(14-12-28)25(37)18-1-2-18/h3-10,15,17-18,40H,1-2,11-14,16H2,(H2,32,33,39). The number of fused-ring (bicyclic) bond motifs is 1. The first-order valence-corrected chi connectivity index (χ1v) is 13.2. The van der Waals surface area contributed by atoms with Gasteiger partial charge < -0.3 is 20.6 Å². The zero-order chi connectivity index (χ0) is 27.9. The third-order valence-corrected chi connectivity index (χ3v) is 7.42. The molecular weight excluding hydrogens is 517 g/mol. The van der Waals surface area contributed by atoms with Crippen LogP contribution in [0, 0.1) is 11.7 Å². The molecule has 206 valence electrons. The van der Waals surface area contributed by atoms with Crippen molar-refractivity contribution >= 4 is 34.3 Å². The fourth-order valence-corrected chi connectivity index (χ4v) is 4.97. The molecule has 12 heteroatoms. The van der Waals surface area contributed by atoms with E-state index in [2.05, 4.69) is 20.7 Å². The van der Waals surface area contributed by atoms with Crippen molar-refractivity contribution in [2.24, 2.45) is 5.92 Å². The number of halogens is 1. The molecule has 2 aliphatic rings. The lowest BCUT2D eigenvalue weighted by molar-refractivity contribution is -0.137. The molecule has 0 bridgehead atoms. The first kappa shape index (κ1) is 25.7. The number of hydrogen-bond donors (Lipinski definition) is 3. The second-order valence-corrected chi connectivity index (χ2v) is 10.4. The van der Waals surface area contributed by atoms with Gasteiger partial charge in [-0.1, -0.05) is 0 Å². The third kappa shape index (κ3) is 5.30. The van der Waals surface area contributed by atoms with Crippen LogP contribution >= 0.6 is 0 Å². The molecule has 4 aromatic rings. The number of anilines is 2. The van der Waals surface area contributed by atoms with Crippen LogP contribution in [0.25, 0.3) is 16.7 Å². The van der Waals surface area contributed by atoms with Crippen LogP contribution in [0.4, 0.5) is 20.6 Å². The van der Waals surface area contributed by atoms with Gasteiger partial charge in [-0.15, -0.1) is 0 Å². The molecule has 11 nitrogen and oxygen atoms in total. The van der Waals surface area contributed by atoms with Crippen LogP contribution in [0.1, 0.15) is 25.7 Å². The molecule has 1 aliphatic carbocycles. The molecule has 2 aromatic heterocycles. The van der Waals surface area contributed by atoms with Gasteiger partial charge in [-0.05, 0) is 74.2 Å². The number of aliphatic hydroxyl groups is 1. The normalized spacial score (nSPS) is 16.6. The molecule has 2 aromatic carbocycles. The Morgan fingerprint density at radius 3 is 2.25 bits per heavy atom. The Hall–Kier alpha value is -4.58. The summed E-state index contributed by atoms with van der Waals surface area (Å²) >= 11 is 0. The van der Waals surface area contributed by atoms with E-state index in [1.54, 1.807) is 24.3 Å². The van der Waals surface area contributed by atoms with E-state index in [0.717, 1.165) is 12.8 Å². The predicted octanol–water partition coefficient (Wildman–Crippen LogP) is 3.13. The molecule has 6 rings (SSSR count). The first-order valence-electron chi connectivity index (χ1n) is 13.2. The number of hydrogen-bond acceptors (Lipinski definition) is 6. The van der Waals surface area contributed by atoms with E-state index < -0.39 is 17.4 Å². The molecule has 2 fully saturated rings. The van der Waals surface area contributed by atoms with Gasteiger partial charge in [0.15, 0.2) is 5.65 Å². The molecule has 3 heterocycles. The Kier molecular flexibility index (Phi) is 6.54. The predicted molar refractivity (Wildman–Crippen MR) is 146 cm³/mol. The van der Waals surface area contributed by atoms with Gasteiger partial charge >= 0.3 is 6.03 Å². The molecule has 1 saturated carbocycles. The highest BCUT2D eigenvalue weighted by Gasteiger charge is 2.39. The largest absolute Gasteiger partial charge is 0.388 e. The maximum Gasteiger partial charge on any atom is 0.323 e. The van der Waals surface area contributed by atoms with Crippen LogP contribution in [0.2, 0.25) is 0 Å². The molecule has 1 aliphatic heterocycles. The molecule has 40 heavy (non-hydrogen) atoms. The van der Waals surface area contributed by atoms with Gasteiger partial charge in [0.05, 0.1) is 24.0 Å². The molecule has 0 atom stereocenters. The Morgan fingerprint density at radius 1 is 1.00 bits per heavy atom. The summed E-state index contributed by atoms with van der Waals surface area (Å²) in [7, 11) is 0. The summed E-state index contributed by atoms with van der Waals surface area (Å²) < 4.78 is 16.0. The van der Waals surface area contributed by atoms with E-state index in [4.69, 9.17) is 0 Å². The van der Waals surface area contributed by atoms with E-state index in [-0.39, 0.29) is 23.9 Å². The van der Waals surface area contributed by atoms with Gasteiger partial charge in [0.2, 0.25) is 5.91 Å². The summed E-state index contributed by atoms with van der Waals surface area (Å²) in [5.41, 5.74) is 0.575. The number of urea groups is 1. The molecular formula is C28H28FN7O4. The highest BCUT2D eigenvalue weighted by molar-refractivity contribution is 5.99. The number of carbonyl (C=O) groups excluding carboxylic acids is 2. The minimum atomic E-state index is -1.10. The monoisotopic (exact) mass is 545 g/mol. The third-order valence-electron chi connectivity index (χ3n) is 7.42. The number of benzene rings is 2. The average Bonchev–Trinajstić information content (AvgIpc) is 3.71. The number of likely N-dealkylation sites (tertiary alicyclic amines) is 1. The fraction of sp³-hybridized carbons (Fsp3) is 0.321. The SMILES string of the molecule is O=C(Nc1ccc(F)cc1)Nc1ccc(-n2ncc3c(=O)n(CC4(O)CCN(C(=O)C5CC5)CC4)cnc32)cc1. The van der Waals surface area contributed by atoms with Crippen molar-refractivity contribution in [2.45, 2.75) is 37.8 Å². The minimum absolute atomic E-state index is 0.0891. The lowest BCUT2D eigenvalue weighted by Crippen LogP contribution is -2.50. The van der Waals surface area contributed by atoms with Gasteiger partial charge in [-0.3, -0.25) is 14.2 Å². The van der Waals surface area contributed by atoms with E-state index >= 15 is 0 Å². The Labute approximate surface area is 228 Å². The quantitative estimate of drug-likeness (QED) is 0.341. The summed E-state index contributed by atoms with van der Waals surface area (Å²) in [5.74, 6) is -0.0691. The molecule has 3 amide bonds. The first-order chi connectivity index (χ1) is 19.3. The highest BCUT2D eigenvalue weighted by Crippen LogP contribution is 2.33. The summed E-state index contributed by atoms with van der Waals surface area (Å²) in [6, 6.07) is 11.8. The van der Waals surface area contributed by atoms with Gasteiger partial charge in [0.25, 0.3) is 5.56 Å². The van der Waals surface area contributed by atoms with Gasteiger partial charge in [0.1, 0.15) is 17.5 Å². The number of aromatic nitrogens is 4. The smallest absolute Gasteiger partial charge is 0.323 e. The maximum atomic E-state index is 13.2. The highest BCUT2D eigenvalue weighted by atomic mass is 19.1. The summed E-state index contributed by atoms with van der Waals surface area (Å²) in [5, 5.41) is 21.1. The maximum absolute atomic E-state index is 13.2. The number of nitrogens with zero attached hydrogens (tertiary/aromatic N) is 5. The van der Waals surface area contributed by atoms with Crippen LogP contribution in [0.15, 0.2) is 65.8 Å². The van der Waals surface area contributed by atoms with Crippen molar-refractivity contribution < 1.29 is 19.1 Å². The Bertz CT molecular complexity index is 1620. The topological polar surface area (TPSA) is 134 Å². The summed E-state index contributed by atoms with van der Waals surface area (Å²) in [6.07, 6.45) is 5.56. The van der Waals surface area contributed by atoms with E-state index in [0.29, 0.717) is 54.0 Å². The van der Waals surface area contributed by atoms with E-state index in [1.165, 1.54) is 46.0 Å². The molecule has 0 unspecified atom stereocenters. The van der Waals surface area contributed by atoms with Crippen LogP contribution < -0.4 is 16.2 Å². The van der Waals surface area contributed by atoms with Gasteiger partial charge in [-0.2, -0.15) is 5.10 Å². The number of amides is 3. The molecule has 0 radical (unpaired) electrons. The molecule has 0 spiro atoms. The van der Waals surface area contributed by atoms with Crippen LogP contribution in [-0.2, 0) is 11.3 Å². The zero-order valence-electron chi connectivity index (χ0n) is 21.6. The van der Waals surface area contributed by atoms with E-state index in [1.807, 2.05) is 4.90 Å². The Balaban J connectivity index is 1.12. The van der Waals surface area contributed by atoms with Crippen LogP contribution in [0.5, 0.6) is 0 Å². The van der Waals surface area contributed by atoms with Gasteiger partial charge in [0, 0.05) is 30.4 Å². The van der Waals surface area contributed by atoms with Crippen LogP contribution in [0.3, 0.4) is 0 Å². The number of piperidine rings is 1. The van der Waals surface area contributed by atoms with Crippen molar-refractivity contribution in [1.29, 1.82) is 0 Å². The molecule has 1 saturated heterocycles. The Morgan fingerprint density at radius 2 is 1.62 bits per heavy atom.